The summed E-state index contributed by atoms with van der Waals surface area (Å²) in [5, 5.41) is 11.8. The van der Waals surface area contributed by atoms with Gasteiger partial charge in [-0.1, -0.05) is 44.8 Å². The minimum atomic E-state index is -0.509. The summed E-state index contributed by atoms with van der Waals surface area (Å²) in [5.41, 5.74) is 6.52. The van der Waals surface area contributed by atoms with E-state index in [2.05, 4.69) is 21.1 Å². The van der Waals surface area contributed by atoms with Crippen molar-refractivity contribution >= 4 is 33.4 Å². The first kappa shape index (κ1) is 15.6. The van der Waals surface area contributed by atoms with E-state index in [1.165, 1.54) is 6.07 Å². The van der Waals surface area contributed by atoms with Gasteiger partial charge in [-0.2, -0.15) is 0 Å². The molecule has 21 heavy (non-hydrogen) atoms. The van der Waals surface area contributed by atoms with Crippen molar-refractivity contribution in [2.24, 2.45) is 10.9 Å². The summed E-state index contributed by atoms with van der Waals surface area (Å²) in [6.07, 6.45) is 0. The number of amidine groups is 1. The smallest absolute Gasteiger partial charge is 0.173 e. The molecule has 0 spiro atoms. The summed E-state index contributed by atoms with van der Waals surface area (Å²) in [5.74, 6) is -0.198. The van der Waals surface area contributed by atoms with Gasteiger partial charge in [-0.15, -0.1) is 0 Å². The third kappa shape index (κ3) is 3.65. The molecule has 0 saturated carbocycles. The summed E-state index contributed by atoms with van der Waals surface area (Å²) in [6.45, 7) is 0.0595. The molecule has 0 saturated heterocycles. The number of hydrogen-bond donors (Lipinski definition) is 2. The van der Waals surface area contributed by atoms with Gasteiger partial charge in [0.05, 0.1) is 10.6 Å². The first-order valence-corrected chi connectivity index (χ1v) is 7.03. The lowest BCUT2D eigenvalue weighted by Crippen LogP contribution is -2.15. The minimum absolute atomic E-state index is 0.0139. The Kier molecular flexibility index (Phi) is 5.03. The molecule has 4 nitrogen and oxygen atoms in total. The van der Waals surface area contributed by atoms with Crippen LogP contribution in [0.3, 0.4) is 0 Å². The Bertz CT molecular complexity index is 695. The van der Waals surface area contributed by atoms with Gasteiger partial charge in [0.25, 0.3) is 0 Å². The molecule has 0 fully saturated rings. The lowest BCUT2D eigenvalue weighted by atomic mass is 10.2. The largest absolute Gasteiger partial charge is 0.488 e. The van der Waals surface area contributed by atoms with Gasteiger partial charge >= 0.3 is 0 Å². The molecular formula is C14H11BrClFN2O2. The predicted octanol–water partition coefficient (Wildman–Crippen LogP) is 3.92. The van der Waals surface area contributed by atoms with Crippen LogP contribution in [0, 0.1) is 5.82 Å². The number of ether oxygens (including phenoxy) is 1. The molecule has 0 radical (unpaired) electrons. The van der Waals surface area contributed by atoms with Crippen molar-refractivity contribution < 1.29 is 14.3 Å². The van der Waals surface area contributed by atoms with Crippen LogP contribution in [0.25, 0.3) is 0 Å². The summed E-state index contributed by atoms with van der Waals surface area (Å²) >= 11 is 9.16. The van der Waals surface area contributed by atoms with Gasteiger partial charge in [0.15, 0.2) is 5.84 Å². The fourth-order valence-electron chi connectivity index (χ4n) is 1.70. The fraction of sp³-hybridized carbons (Fsp3) is 0.0714. The molecule has 0 atom stereocenters. The van der Waals surface area contributed by atoms with Crippen LogP contribution in [0.2, 0.25) is 5.02 Å². The van der Waals surface area contributed by atoms with Crippen LogP contribution < -0.4 is 10.5 Å². The van der Waals surface area contributed by atoms with Crippen LogP contribution in [0.4, 0.5) is 4.39 Å². The van der Waals surface area contributed by atoms with E-state index in [0.29, 0.717) is 16.9 Å². The molecule has 0 aromatic heterocycles. The number of rotatable bonds is 4. The molecule has 0 bridgehead atoms. The standard InChI is InChI=1S/C14H11BrClFN2O2/c15-9-4-5-12(10(6-9)14(18)19-20)21-7-8-2-1-3-11(17)13(8)16/h1-6,20H,7H2,(H2,18,19). The van der Waals surface area contributed by atoms with E-state index in [1.807, 2.05) is 0 Å². The van der Waals surface area contributed by atoms with Crippen molar-refractivity contribution in [1.29, 1.82) is 0 Å². The maximum absolute atomic E-state index is 13.4. The highest BCUT2D eigenvalue weighted by Gasteiger charge is 2.11. The van der Waals surface area contributed by atoms with Crippen LogP contribution in [-0.2, 0) is 6.61 Å². The molecule has 2 rings (SSSR count). The van der Waals surface area contributed by atoms with E-state index in [4.69, 9.17) is 27.3 Å². The highest BCUT2D eigenvalue weighted by Crippen LogP contribution is 2.26. The lowest BCUT2D eigenvalue weighted by molar-refractivity contribution is 0.302. The van der Waals surface area contributed by atoms with Crippen LogP contribution in [0.5, 0.6) is 5.75 Å². The topological polar surface area (TPSA) is 67.8 Å². The van der Waals surface area contributed by atoms with Crippen LogP contribution in [-0.4, -0.2) is 11.0 Å². The molecule has 0 unspecified atom stereocenters. The van der Waals surface area contributed by atoms with Gasteiger partial charge in [0.1, 0.15) is 18.2 Å². The Labute approximate surface area is 134 Å². The number of hydrogen-bond acceptors (Lipinski definition) is 3. The Morgan fingerprint density at radius 1 is 1.38 bits per heavy atom. The second-order valence-electron chi connectivity index (χ2n) is 4.13. The molecule has 0 heterocycles. The Morgan fingerprint density at radius 2 is 2.14 bits per heavy atom. The van der Waals surface area contributed by atoms with E-state index in [0.717, 1.165) is 4.47 Å². The maximum Gasteiger partial charge on any atom is 0.173 e. The normalized spacial score (nSPS) is 11.5. The Hall–Kier alpha value is -1.79. The van der Waals surface area contributed by atoms with Gasteiger partial charge in [-0.3, -0.25) is 0 Å². The Morgan fingerprint density at radius 3 is 2.86 bits per heavy atom. The second kappa shape index (κ2) is 6.78. The molecule has 2 aromatic rings. The number of nitrogens with zero attached hydrogens (tertiary/aromatic N) is 1. The lowest BCUT2D eigenvalue weighted by Gasteiger charge is -2.12. The molecular weight excluding hydrogens is 363 g/mol. The van der Waals surface area contributed by atoms with Crippen molar-refractivity contribution in [3.8, 4) is 5.75 Å². The quantitative estimate of drug-likeness (QED) is 0.369. The first-order chi connectivity index (χ1) is 10.0. The molecule has 0 aliphatic heterocycles. The predicted molar refractivity (Wildman–Crippen MR) is 82.4 cm³/mol. The molecule has 0 amide bonds. The molecule has 0 aliphatic carbocycles. The van der Waals surface area contributed by atoms with Gasteiger partial charge in [0.2, 0.25) is 0 Å². The monoisotopic (exact) mass is 372 g/mol. The Balaban J connectivity index is 2.26. The molecule has 0 aliphatic rings. The number of halogens is 3. The van der Waals surface area contributed by atoms with E-state index < -0.39 is 5.82 Å². The van der Waals surface area contributed by atoms with E-state index in [1.54, 1.807) is 30.3 Å². The zero-order valence-electron chi connectivity index (χ0n) is 10.7. The highest BCUT2D eigenvalue weighted by molar-refractivity contribution is 9.10. The van der Waals surface area contributed by atoms with Crippen LogP contribution in [0.1, 0.15) is 11.1 Å². The third-order valence-electron chi connectivity index (χ3n) is 2.74. The highest BCUT2D eigenvalue weighted by atomic mass is 79.9. The maximum atomic E-state index is 13.4. The van der Waals surface area contributed by atoms with Crippen molar-refractivity contribution in [3.63, 3.8) is 0 Å². The average molecular weight is 374 g/mol. The zero-order chi connectivity index (χ0) is 15.4. The summed E-state index contributed by atoms with van der Waals surface area (Å²) < 4.78 is 19.7. The van der Waals surface area contributed by atoms with Crippen LogP contribution in [0.15, 0.2) is 46.0 Å². The molecule has 7 heteroatoms. The zero-order valence-corrected chi connectivity index (χ0v) is 13.0. The van der Waals surface area contributed by atoms with Gasteiger partial charge < -0.3 is 15.7 Å². The number of nitrogens with two attached hydrogens (primary N) is 1. The molecule has 2 aromatic carbocycles. The van der Waals surface area contributed by atoms with Crippen molar-refractivity contribution in [2.45, 2.75) is 6.61 Å². The van der Waals surface area contributed by atoms with Crippen molar-refractivity contribution in [1.82, 2.24) is 0 Å². The number of benzene rings is 2. The number of oxime groups is 1. The van der Waals surface area contributed by atoms with Gasteiger partial charge in [-0.25, -0.2) is 4.39 Å². The first-order valence-electron chi connectivity index (χ1n) is 5.86. The summed E-state index contributed by atoms with van der Waals surface area (Å²) in [6, 6.07) is 9.53. The van der Waals surface area contributed by atoms with Gasteiger partial charge in [0, 0.05) is 10.0 Å². The van der Waals surface area contributed by atoms with E-state index in [-0.39, 0.29) is 17.5 Å². The molecule has 3 N–H and O–H groups in total. The van der Waals surface area contributed by atoms with Crippen LogP contribution >= 0.6 is 27.5 Å². The van der Waals surface area contributed by atoms with E-state index in [9.17, 15) is 4.39 Å². The summed E-state index contributed by atoms with van der Waals surface area (Å²) in [7, 11) is 0. The second-order valence-corrected chi connectivity index (χ2v) is 5.42. The third-order valence-corrected chi connectivity index (χ3v) is 3.66. The van der Waals surface area contributed by atoms with Crippen molar-refractivity contribution in [2.75, 3.05) is 0 Å². The SMILES string of the molecule is N/C(=N/O)c1cc(Br)ccc1OCc1cccc(F)c1Cl. The van der Waals surface area contributed by atoms with Gasteiger partial charge in [-0.05, 0) is 24.3 Å². The molecule has 110 valence electrons. The summed E-state index contributed by atoms with van der Waals surface area (Å²) in [4.78, 5) is 0. The average Bonchev–Trinajstić information content (AvgIpc) is 2.49. The fourth-order valence-corrected chi connectivity index (χ4v) is 2.24. The van der Waals surface area contributed by atoms with E-state index >= 15 is 0 Å². The van der Waals surface area contributed by atoms with Crippen molar-refractivity contribution in [3.05, 3.63) is 62.8 Å². The minimum Gasteiger partial charge on any atom is -0.488 e.